The van der Waals surface area contributed by atoms with E-state index in [-0.39, 0.29) is 19.1 Å². The average Bonchev–Trinajstić information content (AvgIpc) is 2.99. The molecule has 2 aromatic rings. The molecule has 1 N–H and O–H groups in total. The zero-order chi connectivity index (χ0) is 22.3. The van der Waals surface area contributed by atoms with Gasteiger partial charge in [0.15, 0.2) is 6.10 Å². The normalized spacial score (nSPS) is 17.8. The van der Waals surface area contributed by atoms with Gasteiger partial charge in [0.05, 0.1) is 29.9 Å². The number of aromatic nitrogens is 2. The fourth-order valence-corrected chi connectivity index (χ4v) is 3.74. The maximum atomic E-state index is 13.0. The highest BCUT2D eigenvalue weighted by Gasteiger charge is 2.36. The number of rotatable bonds is 3. The number of nitrogens with one attached hydrogen (secondary N) is 1. The lowest BCUT2D eigenvalue weighted by atomic mass is 9.96. The van der Waals surface area contributed by atoms with Gasteiger partial charge in [-0.05, 0) is 47.1 Å². The van der Waals surface area contributed by atoms with E-state index in [0.717, 1.165) is 22.2 Å². The number of ether oxygens (including phenoxy) is 2. The van der Waals surface area contributed by atoms with Gasteiger partial charge in [0.2, 0.25) is 0 Å². The lowest BCUT2D eigenvalue weighted by Crippen LogP contribution is -2.55. The molecule has 0 bridgehead atoms. The number of benzene rings is 1. The van der Waals surface area contributed by atoms with E-state index in [9.17, 15) is 9.59 Å². The molecule has 8 heteroatoms. The molecule has 0 unspecified atom stereocenters. The summed E-state index contributed by atoms with van der Waals surface area (Å²) < 4.78 is 12.9. The molecule has 1 fully saturated rings. The zero-order valence-corrected chi connectivity index (χ0v) is 18.9. The summed E-state index contributed by atoms with van der Waals surface area (Å²) in [7, 11) is 1.90. The van der Waals surface area contributed by atoms with E-state index in [0.29, 0.717) is 6.54 Å². The van der Waals surface area contributed by atoms with Crippen LogP contribution >= 0.6 is 0 Å². The van der Waals surface area contributed by atoms with E-state index in [1.165, 1.54) is 4.90 Å². The lowest BCUT2D eigenvalue weighted by molar-refractivity contribution is -0.139. The summed E-state index contributed by atoms with van der Waals surface area (Å²) in [6.07, 6.45) is -1.20. The highest BCUT2D eigenvalue weighted by atomic mass is 16.6. The fourth-order valence-electron chi connectivity index (χ4n) is 3.74. The number of aryl methyl sites for hydroxylation is 2. The van der Waals surface area contributed by atoms with Gasteiger partial charge in [-0.3, -0.25) is 9.48 Å². The number of morpholine rings is 1. The van der Waals surface area contributed by atoms with Crippen molar-refractivity contribution in [1.29, 1.82) is 0 Å². The largest absolute Gasteiger partial charge is 0.444 e. The minimum atomic E-state index is -0.762. The first-order valence-electron chi connectivity index (χ1n) is 10.2. The summed E-state index contributed by atoms with van der Waals surface area (Å²) in [5.74, 6) is -0.278. The van der Waals surface area contributed by atoms with Gasteiger partial charge in [-0.25, -0.2) is 4.79 Å². The van der Waals surface area contributed by atoms with Crippen molar-refractivity contribution in [3.8, 4) is 0 Å². The second kappa shape index (κ2) is 7.91. The van der Waals surface area contributed by atoms with Gasteiger partial charge in [-0.15, -0.1) is 0 Å². The summed E-state index contributed by atoms with van der Waals surface area (Å²) in [6, 6.07) is 6.05. The van der Waals surface area contributed by atoms with Crippen LogP contribution in [0.25, 0.3) is 10.9 Å². The van der Waals surface area contributed by atoms with Crippen LogP contribution in [0.1, 0.15) is 45.9 Å². The summed E-state index contributed by atoms with van der Waals surface area (Å²) in [6.45, 7) is 12.2. The molecule has 1 atom stereocenters. The highest BCUT2D eigenvalue weighted by Crippen LogP contribution is 2.29. The monoisotopic (exact) mass is 416 g/mol. The molecule has 30 heavy (non-hydrogen) atoms. The summed E-state index contributed by atoms with van der Waals surface area (Å²) in [5, 5.41) is 8.74. The topological polar surface area (TPSA) is 85.7 Å². The van der Waals surface area contributed by atoms with Gasteiger partial charge < -0.3 is 19.7 Å². The smallest absolute Gasteiger partial charge is 0.410 e. The molecule has 1 aliphatic heterocycles. The molecule has 164 valence electrons. The Bertz CT molecular complexity index is 958. The minimum absolute atomic E-state index is 0.152. The number of hydrogen-bond acceptors (Lipinski definition) is 5. The van der Waals surface area contributed by atoms with E-state index in [4.69, 9.17) is 9.47 Å². The number of amides is 2. The molecular formula is C22H32N4O4. The number of carbonyl (C=O) groups excluding carboxylic acids is 2. The van der Waals surface area contributed by atoms with Crippen LogP contribution in [0.4, 0.5) is 4.79 Å². The van der Waals surface area contributed by atoms with Crippen LogP contribution < -0.4 is 5.32 Å². The van der Waals surface area contributed by atoms with Crippen LogP contribution in [0.3, 0.4) is 0 Å². The van der Waals surface area contributed by atoms with Crippen LogP contribution in [0.2, 0.25) is 0 Å². The van der Waals surface area contributed by atoms with Crippen molar-refractivity contribution in [1.82, 2.24) is 20.0 Å². The Morgan fingerprint density at radius 2 is 1.93 bits per heavy atom. The van der Waals surface area contributed by atoms with E-state index in [1.54, 1.807) is 0 Å². The van der Waals surface area contributed by atoms with E-state index < -0.39 is 23.3 Å². The molecule has 1 saturated heterocycles. The maximum absolute atomic E-state index is 13.0. The second-order valence-corrected chi connectivity index (χ2v) is 9.34. The fraction of sp³-hybridized carbons (Fsp3) is 0.591. The van der Waals surface area contributed by atoms with Crippen molar-refractivity contribution < 1.29 is 19.1 Å². The Morgan fingerprint density at radius 3 is 2.60 bits per heavy atom. The quantitative estimate of drug-likeness (QED) is 0.832. The Balaban J connectivity index is 1.75. The Hall–Kier alpha value is -2.61. The van der Waals surface area contributed by atoms with Crippen LogP contribution in [-0.2, 0) is 26.9 Å². The lowest BCUT2D eigenvalue weighted by Gasteiger charge is -2.35. The van der Waals surface area contributed by atoms with Crippen molar-refractivity contribution in [2.45, 2.75) is 58.8 Å². The maximum Gasteiger partial charge on any atom is 0.410 e. The van der Waals surface area contributed by atoms with E-state index >= 15 is 0 Å². The number of carbonyl (C=O) groups is 2. The van der Waals surface area contributed by atoms with Crippen molar-refractivity contribution in [3.05, 3.63) is 29.5 Å². The number of hydrogen-bond donors (Lipinski definition) is 1. The predicted molar refractivity (Wildman–Crippen MR) is 114 cm³/mol. The molecule has 2 amide bonds. The van der Waals surface area contributed by atoms with Crippen LogP contribution in [0, 0.1) is 6.92 Å². The van der Waals surface area contributed by atoms with Gasteiger partial charge in [-0.1, -0.05) is 18.2 Å². The summed E-state index contributed by atoms with van der Waals surface area (Å²) in [5.41, 5.74) is 1.64. The molecular weight excluding hydrogens is 384 g/mol. The van der Waals surface area contributed by atoms with Crippen molar-refractivity contribution in [2.24, 2.45) is 7.05 Å². The van der Waals surface area contributed by atoms with E-state index in [2.05, 4.69) is 10.4 Å². The standard InChI is InChI=1S/C22H32N4O4/c1-14-9-8-10-15-17(14)25(7)24-18(15)22(5,6)23-19(27)16-13-26(11-12-29-16)20(28)30-21(2,3)4/h8-10,16H,11-13H2,1-7H3,(H,23,27)/t16-/m0/s1. The van der Waals surface area contributed by atoms with Crippen LogP contribution in [0.15, 0.2) is 18.2 Å². The van der Waals surface area contributed by atoms with E-state index in [1.807, 2.05) is 71.5 Å². The summed E-state index contributed by atoms with van der Waals surface area (Å²) in [4.78, 5) is 26.9. The molecule has 1 aliphatic rings. The Morgan fingerprint density at radius 1 is 1.23 bits per heavy atom. The minimum Gasteiger partial charge on any atom is -0.444 e. The number of fused-ring (bicyclic) bond motifs is 1. The first-order valence-corrected chi connectivity index (χ1v) is 10.2. The van der Waals surface area contributed by atoms with Crippen molar-refractivity contribution in [3.63, 3.8) is 0 Å². The molecule has 0 aliphatic carbocycles. The third kappa shape index (κ3) is 4.59. The third-order valence-corrected chi connectivity index (χ3v) is 5.10. The molecule has 2 heterocycles. The third-order valence-electron chi connectivity index (χ3n) is 5.10. The van der Waals surface area contributed by atoms with Gasteiger partial charge in [-0.2, -0.15) is 5.10 Å². The molecule has 0 radical (unpaired) electrons. The van der Waals surface area contributed by atoms with Crippen LogP contribution in [0.5, 0.6) is 0 Å². The first-order chi connectivity index (χ1) is 13.9. The highest BCUT2D eigenvalue weighted by molar-refractivity contribution is 5.87. The molecule has 0 spiro atoms. The zero-order valence-electron chi connectivity index (χ0n) is 18.9. The van der Waals surface area contributed by atoms with Crippen molar-refractivity contribution >= 4 is 22.9 Å². The molecule has 1 aromatic heterocycles. The van der Waals surface area contributed by atoms with Gasteiger partial charge >= 0.3 is 6.09 Å². The van der Waals surface area contributed by atoms with Crippen molar-refractivity contribution in [2.75, 3.05) is 19.7 Å². The number of para-hydroxylation sites is 1. The number of nitrogens with zero attached hydrogens (tertiary/aromatic N) is 3. The molecule has 1 aromatic carbocycles. The van der Waals surface area contributed by atoms with Gasteiger partial charge in [0.1, 0.15) is 5.60 Å². The molecule has 8 nitrogen and oxygen atoms in total. The predicted octanol–water partition coefficient (Wildman–Crippen LogP) is 2.87. The first kappa shape index (κ1) is 22.1. The Labute approximate surface area is 177 Å². The van der Waals surface area contributed by atoms with Gasteiger partial charge in [0.25, 0.3) is 5.91 Å². The average molecular weight is 417 g/mol. The SMILES string of the molecule is Cc1cccc2c(C(C)(C)NC(=O)[C@@H]3CN(C(=O)OC(C)(C)C)CCO3)nn(C)c12. The second-order valence-electron chi connectivity index (χ2n) is 9.34. The summed E-state index contributed by atoms with van der Waals surface area (Å²) >= 11 is 0. The molecule has 0 saturated carbocycles. The Kier molecular flexibility index (Phi) is 5.82. The van der Waals surface area contributed by atoms with Crippen LogP contribution in [-0.4, -0.2) is 58.1 Å². The molecule has 3 rings (SSSR count). The van der Waals surface area contributed by atoms with Gasteiger partial charge in [0, 0.05) is 19.0 Å².